The number of hydrogen-bond donors (Lipinski definition) is 0. The number of aryl methyl sites for hydroxylation is 2. The van der Waals surface area contributed by atoms with E-state index in [-0.39, 0.29) is 5.97 Å². The number of hydrogen-bond acceptors (Lipinski definition) is 3. The molecule has 0 saturated carbocycles. The van der Waals surface area contributed by atoms with Gasteiger partial charge < -0.3 is 13.9 Å². The summed E-state index contributed by atoms with van der Waals surface area (Å²) in [4.78, 5) is 18.4. The van der Waals surface area contributed by atoms with Crippen molar-refractivity contribution >= 4 is 27.8 Å². The number of carbonyl (C=O) groups excluding carboxylic acids is 1. The van der Waals surface area contributed by atoms with E-state index in [4.69, 9.17) is 4.74 Å². The van der Waals surface area contributed by atoms with Gasteiger partial charge in [-0.15, -0.1) is 0 Å². The van der Waals surface area contributed by atoms with Crippen molar-refractivity contribution in [3.8, 4) is 0 Å². The molecule has 5 heteroatoms. The Labute approximate surface area is 262 Å². The molecule has 44 heavy (non-hydrogen) atoms. The molecule has 0 aliphatic carbocycles. The van der Waals surface area contributed by atoms with Gasteiger partial charge >= 0.3 is 5.97 Å². The van der Waals surface area contributed by atoms with Crippen molar-refractivity contribution in [1.82, 2.24) is 14.1 Å². The van der Waals surface area contributed by atoms with Gasteiger partial charge in [0.25, 0.3) is 0 Å². The molecule has 0 atom stereocenters. The van der Waals surface area contributed by atoms with Crippen LogP contribution >= 0.6 is 0 Å². The Bertz CT molecular complexity index is 1680. The number of ether oxygens (including phenoxy) is 1. The lowest BCUT2D eigenvalue weighted by Crippen LogP contribution is -2.31. The first-order chi connectivity index (χ1) is 21.5. The van der Waals surface area contributed by atoms with Crippen LogP contribution < -0.4 is 0 Å². The maximum atomic E-state index is 13.8. The van der Waals surface area contributed by atoms with Crippen LogP contribution in [0.2, 0.25) is 0 Å². The number of para-hydroxylation sites is 2. The summed E-state index contributed by atoms with van der Waals surface area (Å²) in [5.74, 6) is -0.283. The standard InChI is InChI=1S/C39H47N3O2/c1-5-7-9-11-17-25-41-28(3)36(31-19-13-15-21-34(31)41)39(33-27-40-24-23-30(33)38(43)44-39)37-29(4)42(26-18-12-10-8-6-2)35-22-16-14-20-32(35)37/h13-16,19-24,27H,5-12,17-18,25-26H2,1-4H3. The molecule has 1 aliphatic rings. The van der Waals surface area contributed by atoms with E-state index in [9.17, 15) is 4.79 Å². The zero-order valence-electron chi connectivity index (χ0n) is 27.0. The van der Waals surface area contributed by atoms with Crippen LogP contribution in [0.5, 0.6) is 0 Å². The Morgan fingerprint density at radius 2 is 1.18 bits per heavy atom. The highest BCUT2D eigenvalue weighted by Gasteiger charge is 2.53. The normalized spacial score (nSPS) is 14.0. The highest BCUT2D eigenvalue weighted by molar-refractivity contribution is 6.01. The van der Waals surface area contributed by atoms with Gasteiger partial charge in [0.15, 0.2) is 5.60 Å². The summed E-state index contributed by atoms with van der Waals surface area (Å²) in [6.45, 7) is 10.8. The number of benzene rings is 2. The van der Waals surface area contributed by atoms with Crippen molar-refractivity contribution in [3.63, 3.8) is 0 Å². The Kier molecular flexibility index (Phi) is 8.93. The van der Waals surface area contributed by atoms with Gasteiger partial charge in [-0.05, 0) is 44.9 Å². The SMILES string of the molecule is CCCCCCCn1c(C)c(C2(c3c(C)n(CCCCCCC)c4ccccc34)OC(=O)c3ccncc32)c2ccccc21. The van der Waals surface area contributed by atoms with Gasteiger partial charge in [0.1, 0.15) is 0 Å². The number of carbonyl (C=O) groups is 1. The average molecular weight is 590 g/mol. The molecular formula is C39H47N3O2. The summed E-state index contributed by atoms with van der Waals surface area (Å²) >= 11 is 0. The van der Waals surface area contributed by atoms with Crippen LogP contribution in [0.25, 0.3) is 21.8 Å². The lowest BCUT2D eigenvalue weighted by molar-refractivity contribution is 0.0255. The van der Waals surface area contributed by atoms with Crippen LogP contribution in [0.15, 0.2) is 67.0 Å². The molecule has 0 unspecified atom stereocenters. The third-order valence-electron chi connectivity index (χ3n) is 9.80. The van der Waals surface area contributed by atoms with Crippen molar-refractivity contribution in [2.45, 2.75) is 111 Å². The van der Waals surface area contributed by atoms with Crippen molar-refractivity contribution in [2.75, 3.05) is 0 Å². The van der Waals surface area contributed by atoms with Gasteiger partial charge in [-0.2, -0.15) is 0 Å². The van der Waals surface area contributed by atoms with Crippen molar-refractivity contribution in [1.29, 1.82) is 0 Å². The molecule has 0 spiro atoms. The zero-order chi connectivity index (χ0) is 30.7. The number of rotatable bonds is 14. The van der Waals surface area contributed by atoms with E-state index < -0.39 is 5.60 Å². The van der Waals surface area contributed by atoms with Gasteiger partial charge in [-0.3, -0.25) is 4.98 Å². The lowest BCUT2D eigenvalue weighted by atomic mass is 9.78. The van der Waals surface area contributed by atoms with Crippen LogP contribution in [-0.2, 0) is 23.4 Å². The van der Waals surface area contributed by atoms with Crippen LogP contribution in [0.4, 0.5) is 0 Å². The lowest BCUT2D eigenvalue weighted by Gasteiger charge is -2.31. The number of fused-ring (bicyclic) bond motifs is 3. The van der Waals surface area contributed by atoms with Crippen molar-refractivity contribution in [3.05, 3.63) is 101 Å². The summed E-state index contributed by atoms with van der Waals surface area (Å²) in [6.07, 6.45) is 15.8. The molecule has 230 valence electrons. The first-order valence-corrected chi connectivity index (χ1v) is 16.9. The molecule has 3 aromatic heterocycles. The minimum Gasteiger partial charge on any atom is -0.440 e. The van der Waals surface area contributed by atoms with Gasteiger partial charge in [0, 0.05) is 75.4 Å². The minimum atomic E-state index is -1.10. The first kappa shape index (κ1) is 30.2. The highest BCUT2D eigenvalue weighted by Crippen LogP contribution is 2.53. The second kappa shape index (κ2) is 13.0. The number of cyclic esters (lactones) is 1. The quantitative estimate of drug-likeness (QED) is 0.0956. The molecule has 0 amide bonds. The van der Waals surface area contributed by atoms with Crippen molar-refractivity contribution in [2.24, 2.45) is 0 Å². The third kappa shape index (κ3) is 5.04. The summed E-state index contributed by atoms with van der Waals surface area (Å²) in [5.41, 5.74) is 7.17. The van der Waals surface area contributed by atoms with Crippen LogP contribution in [-0.4, -0.2) is 20.1 Å². The molecular weight excluding hydrogens is 542 g/mol. The van der Waals surface area contributed by atoms with Crippen molar-refractivity contribution < 1.29 is 9.53 Å². The monoisotopic (exact) mass is 589 g/mol. The van der Waals surface area contributed by atoms with Gasteiger partial charge in [-0.1, -0.05) is 102 Å². The Balaban J connectivity index is 1.58. The summed E-state index contributed by atoms with van der Waals surface area (Å²) in [5, 5.41) is 2.28. The van der Waals surface area contributed by atoms with Crippen LogP contribution in [0.3, 0.4) is 0 Å². The van der Waals surface area contributed by atoms with E-state index in [1.165, 1.54) is 62.4 Å². The van der Waals surface area contributed by atoms with E-state index in [2.05, 4.69) is 90.3 Å². The zero-order valence-corrected chi connectivity index (χ0v) is 27.0. The van der Waals surface area contributed by atoms with Crippen LogP contribution in [0, 0.1) is 13.8 Å². The van der Waals surface area contributed by atoms with E-state index >= 15 is 0 Å². The molecule has 5 aromatic rings. The Morgan fingerprint density at radius 3 is 1.70 bits per heavy atom. The maximum absolute atomic E-state index is 13.8. The average Bonchev–Trinajstić information content (AvgIpc) is 3.61. The largest absolute Gasteiger partial charge is 0.440 e. The molecule has 0 radical (unpaired) electrons. The molecule has 5 nitrogen and oxygen atoms in total. The number of pyridine rings is 1. The summed E-state index contributed by atoms with van der Waals surface area (Å²) in [7, 11) is 0. The highest BCUT2D eigenvalue weighted by atomic mass is 16.6. The molecule has 0 saturated heterocycles. The summed E-state index contributed by atoms with van der Waals surface area (Å²) < 4.78 is 11.7. The predicted molar refractivity (Wildman–Crippen MR) is 180 cm³/mol. The molecule has 0 N–H and O–H groups in total. The second-order valence-electron chi connectivity index (χ2n) is 12.6. The Hall–Kier alpha value is -3.86. The second-order valence-corrected chi connectivity index (χ2v) is 12.6. The smallest absolute Gasteiger partial charge is 0.340 e. The fraction of sp³-hybridized carbons (Fsp3) is 0.436. The van der Waals surface area contributed by atoms with Gasteiger partial charge in [0.2, 0.25) is 0 Å². The fourth-order valence-corrected chi connectivity index (χ4v) is 7.67. The minimum absolute atomic E-state index is 0.283. The summed E-state index contributed by atoms with van der Waals surface area (Å²) in [6, 6.07) is 19.1. The molecule has 6 rings (SSSR count). The molecule has 0 bridgehead atoms. The van der Waals surface area contributed by atoms with E-state index in [1.807, 2.05) is 12.3 Å². The molecule has 2 aromatic carbocycles. The maximum Gasteiger partial charge on any atom is 0.340 e. The van der Waals surface area contributed by atoms with E-state index in [1.54, 1.807) is 6.20 Å². The fourth-order valence-electron chi connectivity index (χ4n) is 7.67. The third-order valence-corrected chi connectivity index (χ3v) is 9.80. The first-order valence-electron chi connectivity index (χ1n) is 16.9. The molecule has 1 aliphatic heterocycles. The van der Waals surface area contributed by atoms with Gasteiger partial charge in [-0.25, -0.2) is 4.79 Å². The van der Waals surface area contributed by atoms with Gasteiger partial charge in [0.05, 0.1) is 5.56 Å². The molecule has 4 heterocycles. The van der Waals surface area contributed by atoms with E-state index in [0.717, 1.165) is 64.8 Å². The predicted octanol–water partition coefficient (Wildman–Crippen LogP) is 10.0. The Morgan fingerprint density at radius 1 is 0.682 bits per heavy atom. The topological polar surface area (TPSA) is 49.0 Å². The van der Waals surface area contributed by atoms with E-state index in [0.29, 0.717) is 5.56 Å². The number of unbranched alkanes of at least 4 members (excludes halogenated alkanes) is 8. The number of nitrogens with zero attached hydrogens (tertiary/aromatic N) is 3. The van der Waals surface area contributed by atoms with Crippen LogP contribution in [0.1, 0.15) is 116 Å². The molecule has 0 fully saturated rings. The number of esters is 1. The number of aromatic nitrogens is 3.